The fraction of sp³-hybridized carbons (Fsp3) is 0.429. The molecule has 1 fully saturated rings. The van der Waals surface area contributed by atoms with Crippen molar-refractivity contribution in [3.8, 4) is 0 Å². The topological polar surface area (TPSA) is 69.6 Å². The van der Waals surface area contributed by atoms with E-state index >= 15 is 0 Å². The Morgan fingerprint density at radius 3 is 2.70 bits per heavy atom. The van der Waals surface area contributed by atoms with Crippen molar-refractivity contribution >= 4 is 29.2 Å². The van der Waals surface area contributed by atoms with E-state index in [-0.39, 0.29) is 11.5 Å². The number of carbonyl (C=O) groups excluding carboxylic acids is 1. The van der Waals surface area contributed by atoms with Crippen LogP contribution < -0.4 is 10.2 Å². The molecule has 1 aliphatic heterocycles. The van der Waals surface area contributed by atoms with E-state index in [1.54, 1.807) is 13.1 Å². The predicted molar refractivity (Wildman–Crippen MR) is 77.4 cm³/mol. The Morgan fingerprint density at radius 2 is 2.15 bits per heavy atom. The molecular weight excluding hydrogens is 280 g/mol. The van der Waals surface area contributed by atoms with Crippen molar-refractivity contribution < 1.29 is 14.7 Å². The molecule has 1 heterocycles. The van der Waals surface area contributed by atoms with E-state index in [4.69, 9.17) is 16.7 Å². The second kappa shape index (κ2) is 5.32. The molecule has 0 radical (unpaired) electrons. The van der Waals surface area contributed by atoms with E-state index in [1.807, 2.05) is 11.8 Å². The molecular formula is C14H17ClN2O3. The van der Waals surface area contributed by atoms with Gasteiger partial charge in [-0.2, -0.15) is 0 Å². The summed E-state index contributed by atoms with van der Waals surface area (Å²) in [5.41, 5.74) is 0.486. The summed E-state index contributed by atoms with van der Waals surface area (Å²) in [7, 11) is 1.63. The Morgan fingerprint density at radius 1 is 1.45 bits per heavy atom. The predicted octanol–water partition coefficient (Wildman–Crippen LogP) is 2.00. The summed E-state index contributed by atoms with van der Waals surface area (Å²) in [4.78, 5) is 24.8. The van der Waals surface area contributed by atoms with Crippen molar-refractivity contribution in [2.45, 2.75) is 13.3 Å². The Balaban J connectivity index is 2.22. The summed E-state index contributed by atoms with van der Waals surface area (Å²) >= 11 is 6.15. The molecule has 0 aromatic heterocycles. The van der Waals surface area contributed by atoms with Crippen LogP contribution in [0.2, 0.25) is 5.02 Å². The average molecular weight is 297 g/mol. The molecule has 2 rings (SSSR count). The minimum Gasteiger partial charge on any atom is -0.478 e. The third-order valence-corrected chi connectivity index (χ3v) is 4.09. The van der Waals surface area contributed by atoms with Crippen molar-refractivity contribution in [3.63, 3.8) is 0 Å². The SMILES string of the molecule is CNC(=O)C1(C)CCN(c2ccc(C(=O)O)cc2Cl)C1. The zero-order valence-electron chi connectivity index (χ0n) is 11.4. The van der Waals surface area contributed by atoms with Gasteiger partial charge >= 0.3 is 5.97 Å². The molecule has 0 bridgehead atoms. The third kappa shape index (κ3) is 2.58. The third-order valence-electron chi connectivity index (χ3n) is 3.78. The first-order chi connectivity index (χ1) is 9.37. The molecule has 5 nitrogen and oxygen atoms in total. The van der Waals surface area contributed by atoms with E-state index in [9.17, 15) is 9.59 Å². The number of hydrogen-bond donors (Lipinski definition) is 2. The second-order valence-electron chi connectivity index (χ2n) is 5.28. The van der Waals surface area contributed by atoms with Gasteiger partial charge in [-0.25, -0.2) is 4.79 Å². The first-order valence-corrected chi connectivity index (χ1v) is 6.75. The van der Waals surface area contributed by atoms with E-state index < -0.39 is 11.4 Å². The standard InChI is InChI=1S/C14H17ClN2O3/c1-14(13(20)16-2)5-6-17(8-14)11-4-3-9(12(18)19)7-10(11)15/h3-4,7H,5-6,8H2,1-2H3,(H,16,20)(H,18,19). The highest BCUT2D eigenvalue weighted by molar-refractivity contribution is 6.33. The second-order valence-corrected chi connectivity index (χ2v) is 5.69. The summed E-state index contributed by atoms with van der Waals surface area (Å²) in [6.07, 6.45) is 0.740. The molecule has 20 heavy (non-hydrogen) atoms. The quantitative estimate of drug-likeness (QED) is 0.895. The molecule has 1 aromatic carbocycles. The highest BCUT2D eigenvalue weighted by Gasteiger charge is 2.40. The Labute approximate surface area is 122 Å². The lowest BCUT2D eigenvalue weighted by molar-refractivity contribution is -0.128. The van der Waals surface area contributed by atoms with Gasteiger partial charge in [-0.05, 0) is 31.5 Å². The maximum atomic E-state index is 11.9. The minimum atomic E-state index is -1.00. The van der Waals surface area contributed by atoms with Gasteiger partial charge in [0.15, 0.2) is 0 Å². The normalized spacial score (nSPS) is 21.9. The number of carboxylic acid groups (broad SMARTS) is 1. The Bertz CT molecular complexity index is 561. The molecule has 0 aliphatic carbocycles. The summed E-state index contributed by atoms with van der Waals surface area (Å²) in [5.74, 6) is -0.992. The fourth-order valence-electron chi connectivity index (χ4n) is 2.55. The lowest BCUT2D eigenvalue weighted by Gasteiger charge is -2.24. The van der Waals surface area contributed by atoms with Crippen LogP contribution in [0.25, 0.3) is 0 Å². The molecule has 1 amide bonds. The van der Waals surface area contributed by atoms with E-state index in [0.717, 1.165) is 18.7 Å². The first-order valence-electron chi connectivity index (χ1n) is 6.37. The zero-order chi connectivity index (χ0) is 14.9. The number of carboxylic acids is 1. The molecule has 1 aromatic rings. The number of aromatic carboxylic acids is 1. The van der Waals surface area contributed by atoms with Crippen molar-refractivity contribution in [1.82, 2.24) is 5.32 Å². The summed E-state index contributed by atoms with van der Waals surface area (Å²) < 4.78 is 0. The van der Waals surface area contributed by atoms with Gasteiger partial charge in [-0.15, -0.1) is 0 Å². The molecule has 0 spiro atoms. The number of amides is 1. The number of benzene rings is 1. The molecule has 0 saturated carbocycles. The minimum absolute atomic E-state index is 0.0123. The molecule has 2 N–H and O–H groups in total. The molecule has 6 heteroatoms. The van der Waals surface area contributed by atoms with Crippen LogP contribution in [0.3, 0.4) is 0 Å². The Kier molecular flexibility index (Phi) is 3.90. The number of anilines is 1. The summed E-state index contributed by atoms with van der Waals surface area (Å²) in [5, 5.41) is 12.0. The van der Waals surface area contributed by atoms with Gasteiger partial charge in [0.2, 0.25) is 5.91 Å². The molecule has 1 saturated heterocycles. The first kappa shape index (κ1) is 14.7. The maximum absolute atomic E-state index is 11.9. The van der Waals surface area contributed by atoms with Crippen molar-refractivity contribution in [1.29, 1.82) is 0 Å². The number of nitrogens with zero attached hydrogens (tertiary/aromatic N) is 1. The smallest absolute Gasteiger partial charge is 0.335 e. The van der Waals surface area contributed by atoms with Crippen LogP contribution in [0.5, 0.6) is 0 Å². The van der Waals surface area contributed by atoms with Crippen molar-refractivity contribution in [3.05, 3.63) is 28.8 Å². The molecule has 1 unspecified atom stereocenters. The van der Waals surface area contributed by atoms with Gasteiger partial charge in [0.05, 0.1) is 21.7 Å². The Hall–Kier alpha value is -1.75. The maximum Gasteiger partial charge on any atom is 0.335 e. The van der Waals surface area contributed by atoms with Crippen LogP contribution in [0.15, 0.2) is 18.2 Å². The summed E-state index contributed by atoms with van der Waals surface area (Å²) in [6.45, 7) is 3.21. The highest BCUT2D eigenvalue weighted by Crippen LogP contribution is 2.36. The lowest BCUT2D eigenvalue weighted by atomic mass is 9.89. The van der Waals surface area contributed by atoms with Crippen molar-refractivity contribution in [2.24, 2.45) is 5.41 Å². The van der Waals surface area contributed by atoms with E-state index in [2.05, 4.69) is 5.32 Å². The van der Waals surface area contributed by atoms with Gasteiger partial charge in [-0.1, -0.05) is 11.6 Å². The lowest BCUT2D eigenvalue weighted by Crippen LogP contribution is -2.39. The number of carbonyl (C=O) groups is 2. The van der Waals surface area contributed by atoms with Crippen LogP contribution in [0.1, 0.15) is 23.7 Å². The highest BCUT2D eigenvalue weighted by atomic mass is 35.5. The number of nitrogens with one attached hydrogen (secondary N) is 1. The number of rotatable bonds is 3. The van der Waals surface area contributed by atoms with Crippen LogP contribution >= 0.6 is 11.6 Å². The monoisotopic (exact) mass is 296 g/mol. The van der Waals surface area contributed by atoms with Gasteiger partial charge in [0.1, 0.15) is 0 Å². The van der Waals surface area contributed by atoms with Crippen LogP contribution in [-0.4, -0.2) is 37.1 Å². The summed E-state index contributed by atoms with van der Waals surface area (Å²) in [6, 6.07) is 4.66. The van der Waals surface area contributed by atoms with Gasteiger partial charge in [0, 0.05) is 20.1 Å². The van der Waals surface area contributed by atoms with Crippen LogP contribution in [0, 0.1) is 5.41 Å². The largest absolute Gasteiger partial charge is 0.478 e. The fourth-order valence-corrected chi connectivity index (χ4v) is 2.85. The van der Waals surface area contributed by atoms with Crippen LogP contribution in [0.4, 0.5) is 5.69 Å². The van der Waals surface area contributed by atoms with E-state index in [1.165, 1.54) is 12.1 Å². The molecule has 1 aliphatic rings. The molecule has 108 valence electrons. The average Bonchev–Trinajstić information content (AvgIpc) is 2.81. The number of halogens is 1. The number of hydrogen-bond acceptors (Lipinski definition) is 3. The zero-order valence-corrected chi connectivity index (χ0v) is 12.2. The van der Waals surface area contributed by atoms with Gasteiger partial charge in [-0.3, -0.25) is 4.79 Å². The van der Waals surface area contributed by atoms with Crippen LogP contribution in [-0.2, 0) is 4.79 Å². The van der Waals surface area contributed by atoms with Crippen molar-refractivity contribution in [2.75, 3.05) is 25.0 Å². The van der Waals surface area contributed by atoms with Gasteiger partial charge in [0.25, 0.3) is 0 Å². The van der Waals surface area contributed by atoms with Gasteiger partial charge < -0.3 is 15.3 Å². The van der Waals surface area contributed by atoms with E-state index in [0.29, 0.717) is 11.6 Å². The molecule has 1 atom stereocenters.